The lowest BCUT2D eigenvalue weighted by Crippen LogP contribution is -2.49. The molecule has 6 heteroatoms. The summed E-state index contributed by atoms with van der Waals surface area (Å²) >= 11 is 0. The number of rotatable bonds is 4. The van der Waals surface area contributed by atoms with Gasteiger partial charge in [0.1, 0.15) is 6.54 Å². The second-order valence-corrected chi connectivity index (χ2v) is 3.74. The van der Waals surface area contributed by atoms with Gasteiger partial charge in [0.25, 0.3) is 0 Å². The Bertz CT molecular complexity index is 293. The molecule has 0 saturated carbocycles. The minimum atomic E-state index is -0.377. The second-order valence-electron chi connectivity index (χ2n) is 3.74. The van der Waals surface area contributed by atoms with Crippen molar-refractivity contribution in [2.45, 2.75) is 25.9 Å². The summed E-state index contributed by atoms with van der Waals surface area (Å²) in [5.74, 6) is -0.119. The van der Waals surface area contributed by atoms with Gasteiger partial charge in [0.15, 0.2) is 0 Å². The highest BCUT2D eigenvalue weighted by molar-refractivity contribution is 5.76. The van der Waals surface area contributed by atoms with Gasteiger partial charge in [-0.25, -0.2) is 4.68 Å². The van der Waals surface area contributed by atoms with Gasteiger partial charge in [0.2, 0.25) is 5.91 Å². The molecular weight excluding hydrogens is 182 g/mol. The smallest absolute Gasteiger partial charge is 0.242 e. The summed E-state index contributed by atoms with van der Waals surface area (Å²) in [5.41, 5.74) is 5.10. The molecule has 0 radical (unpaired) electrons. The monoisotopic (exact) mass is 197 g/mol. The van der Waals surface area contributed by atoms with E-state index < -0.39 is 0 Å². The van der Waals surface area contributed by atoms with Crippen LogP contribution in [0.15, 0.2) is 12.4 Å². The number of nitrogens with zero attached hydrogens (tertiary/aromatic N) is 3. The Morgan fingerprint density at radius 3 is 2.86 bits per heavy atom. The van der Waals surface area contributed by atoms with Crippen molar-refractivity contribution in [1.29, 1.82) is 0 Å². The van der Waals surface area contributed by atoms with Crippen LogP contribution in [0.1, 0.15) is 13.8 Å². The van der Waals surface area contributed by atoms with Crippen molar-refractivity contribution in [3.63, 3.8) is 0 Å². The largest absolute Gasteiger partial charge is 0.348 e. The zero-order valence-electron chi connectivity index (χ0n) is 8.40. The number of nitrogens with two attached hydrogens (primary N) is 1. The van der Waals surface area contributed by atoms with Crippen LogP contribution in [-0.4, -0.2) is 33.0 Å². The van der Waals surface area contributed by atoms with E-state index in [-0.39, 0.29) is 18.0 Å². The first-order valence-corrected chi connectivity index (χ1v) is 4.39. The van der Waals surface area contributed by atoms with Gasteiger partial charge in [-0.2, -0.15) is 0 Å². The molecule has 6 nitrogen and oxygen atoms in total. The number of hydrogen-bond acceptors (Lipinski definition) is 4. The molecule has 1 rings (SSSR count). The van der Waals surface area contributed by atoms with Gasteiger partial charge in [-0.15, -0.1) is 5.10 Å². The van der Waals surface area contributed by atoms with E-state index in [1.807, 2.05) is 13.8 Å². The molecule has 1 amide bonds. The van der Waals surface area contributed by atoms with Gasteiger partial charge in [0.05, 0.1) is 6.20 Å². The molecule has 0 spiro atoms. The third-order valence-corrected chi connectivity index (χ3v) is 1.77. The molecule has 0 fully saturated rings. The molecule has 1 aromatic rings. The molecule has 0 aromatic carbocycles. The van der Waals surface area contributed by atoms with Crippen LogP contribution in [0.5, 0.6) is 0 Å². The van der Waals surface area contributed by atoms with E-state index in [4.69, 9.17) is 5.73 Å². The van der Waals surface area contributed by atoms with Gasteiger partial charge in [-0.3, -0.25) is 4.79 Å². The van der Waals surface area contributed by atoms with E-state index in [0.29, 0.717) is 6.54 Å². The molecule has 0 aliphatic heterocycles. The number of nitrogens with one attached hydrogen (secondary N) is 1. The van der Waals surface area contributed by atoms with Crippen LogP contribution >= 0.6 is 0 Å². The molecule has 14 heavy (non-hydrogen) atoms. The van der Waals surface area contributed by atoms with Crippen LogP contribution in [0.3, 0.4) is 0 Å². The van der Waals surface area contributed by atoms with Crippen molar-refractivity contribution in [2.75, 3.05) is 6.54 Å². The van der Waals surface area contributed by atoms with Crippen LogP contribution in [-0.2, 0) is 11.3 Å². The van der Waals surface area contributed by atoms with Gasteiger partial charge < -0.3 is 11.1 Å². The zero-order chi connectivity index (χ0) is 10.6. The number of hydrogen-bond donors (Lipinski definition) is 2. The lowest BCUT2D eigenvalue weighted by molar-refractivity contribution is -0.123. The van der Waals surface area contributed by atoms with Crippen molar-refractivity contribution >= 4 is 5.91 Å². The first-order chi connectivity index (χ1) is 6.53. The number of aromatic nitrogens is 3. The van der Waals surface area contributed by atoms with E-state index in [2.05, 4.69) is 15.6 Å². The summed E-state index contributed by atoms with van der Waals surface area (Å²) in [6, 6.07) is 0. The maximum Gasteiger partial charge on any atom is 0.242 e. The van der Waals surface area contributed by atoms with Crippen molar-refractivity contribution in [3.05, 3.63) is 12.4 Å². The summed E-state index contributed by atoms with van der Waals surface area (Å²) in [6.45, 7) is 4.30. The van der Waals surface area contributed by atoms with Gasteiger partial charge in [0, 0.05) is 18.3 Å². The quantitative estimate of drug-likeness (QED) is 0.657. The second kappa shape index (κ2) is 4.19. The first-order valence-electron chi connectivity index (χ1n) is 4.39. The predicted octanol–water partition coefficient (Wildman–Crippen LogP) is -0.868. The van der Waals surface area contributed by atoms with Crippen LogP contribution in [0.4, 0.5) is 0 Å². The highest BCUT2D eigenvalue weighted by Crippen LogP contribution is 1.98. The Balaban J connectivity index is 2.44. The maximum absolute atomic E-state index is 11.4. The van der Waals surface area contributed by atoms with Crippen molar-refractivity contribution in [3.8, 4) is 0 Å². The van der Waals surface area contributed by atoms with Crippen molar-refractivity contribution in [2.24, 2.45) is 5.73 Å². The third-order valence-electron chi connectivity index (χ3n) is 1.77. The Hall–Kier alpha value is -1.43. The molecular formula is C8H15N5O. The van der Waals surface area contributed by atoms with Gasteiger partial charge in [-0.1, -0.05) is 5.21 Å². The lowest BCUT2D eigenvalue weighted by Gasteiger charge is -2.23. The van der Waals surface area contributed by atoms with E-state index in [9.17, 15) is 4.79 Å². The van der Waals surface area contributed by atoms with Crippen LogP contribution in [0.25, 0.3) is 0 Å². The Kier molecular flexibility index (Phi) is 3.19. The molecule has 1 heterocycles. The Morgan fingerprint density at radius 1 is 1.64 bits per heavy atom. The molecule has 78 valence electrons. The Morgan fingerprint density at radius 2 is 2.36 bits per heavy atom. The fourth-order valence-corrected chi connectivity index (χ4v) is 0.932. The number of carbonyl (C=O) groups excluding carboxylic acids is 1. The maximum atomic E-state index is 11.4. The zero-order valence-corrected chi connectivity index (χ0v) is 8.40. The van der Waals surface area contributed by atoms with Gasteiger partial charge >= 0.3 is 0 Å². The molecule has 0 atom stereocenters. The summed E-state index contributed by atoms with van der Waals surface area (Å²) in [5, 5.41) is 10.1. The standard InChI is InChI=1S/C8H15N5O/c1-8(2,6-9)11-7(14)5-13-4-3-10-12-13/h3-4H,5-6,9H2,1-2H3,(H,11,14). The predicted molar refractivity (Wildman–Crippen MR) is 51.3 cm³/mol. The molecule has 1 aromatic heterocycles. The molecule has 0 unspecified atom stereocenters. The van der Waals surface area contributed by atoms with E-state index in [1.165, 1.54) is 10.9 Å². The Labute approximate surface area is 82.5 Å². The van der Waals surface area contributed by atoms with E-state index >= 15 is 0 Å². The summed E-state index contributed by atoms with van der Waals surface area (Å²) in [7, 11) is 0. The molecule has 0 saturated heterocycles. The molecule has 0 aliphatic carbocycles. The fraction of sp³-hybridized carbons (Fsp3) is 0.625. The number of amides is 1. The fourth-order valence-electron chi connectivity index (χ4n) is 0.932. The van der Waals surface area contributed by atoms with E-state index in [0.717, 1.165) is 0 Å². The average molecular weight is 197 g/mol. The minimum Gasteiger partial charge on any atom is -0.348 e. The summed E-state index contributed by atoms with van der Waals surface area (Å²) in [6.07, 6.45) is 3.16. The SMILES string of the molecule is CC(C)(CN)NC(=O)Cn1ccnn1. The van der Waals surface area contributed by atoms with Crippen molar-refractivity contribution in [1.82, 2.24) is 20.3 Å². The molecule has 3 N–H and O–H groups in total. The normalized spacial score (nSPS) is 11.4. The third kappa shape index (κ3) is 3.14. The first kappa shape index (κ1) is 10.6. The van der Waals surface area contributed by atoms with Crippen LogP contribution in [0, 0.1) is 0 Å². The molecule has 0 bridgehead atoms. The topological polar surface area (TPSA) is 85.8 Å². The average Bonchev–Trinajstić information content (AvgIpc) is 2.55. The van der Waals surface area contributed by atoms with E-state index in [1.54, 1.807) is 6.20 Å². The summed E-state index contributed by atoms with van der Waals surface area (Å²) < 4.78 is 1.46. The van der Waals surface area contributed by atoms with Crippen LogP contribution < -0.4 is 11.1 Å². The lowest BCUT2D eigenvalue weighted by atomic mass is 10.1. The number of carbonyl (C=O) groups is 1. The minimum absolute atomic E-state index is 0.119. The highest BCUT2D eigenvalue weighted by atomic mass is 16.2. The van der Waals surface area contributed by atoms with Crippen molar-refractivity contribution < 1.29 is 4.79 Å². The molecule has 0 aliphatic rings. The van der Waals surface area contributed by atoms with Gasteiger partial charge in [-0.05, 0) is 13.8 Å². The van der Waals surface area contributed by atoms with Crippen LogP contribution in [0.2, 0.25) is 0 Å². The highest BCUT2D eigenvalue weighted by Gasteiger charge is 2.18. The summed E-state index contributed by atoms with van der Waals surface area (Å²) in [4.78, 5) is 11.4.